The standard InChI is InChI=1S/C15H24N4OS/c1-19-14(11-6-5-7-11)17-18-15(19)21-10-13(20)16-12-8-3-2-4-9-12/h11-12H,2-10H2,1H3,(H,16,20). The Balaban J connectivity index is 1.48. The lowest BCUT2D eigenvalue weighted by Gasteiger charge is -2.24. The Hall–Kier alpha value is -1.04. The molecule has 1 aromatic rings. The molecule has 21 heavy (non-hydrogen) atoms. The number of amides is 1. The van der Waals surface area contributed by atoms with Crippen LogP contribution in [-0.4, -0.2) is 32.5 Å². The molecular weight excluding hydrogens is 284 g/mol. The monoisotopic (exact) mass is 308 g/mol. The van der Waals surface area contributed by atoms with Crippen LogP contribution < -0.4 is 5.32 Å². The number of rotatable bonds is 5. The van der Waals surface area contributed by atoms with Crippen molar-refractivity contribution in [1.29, 1.82) is 0 Å². The second-order valence-electron chi connectivity index (χ2n) is 6.22. The Morgan fingerprint density at radius 1 is 1.19 bits per heavy atom. The van der Waals surface area contributed by atoms with E-state index in [2.05, 4.69) is 20.1 Å². The molecule has 0 saturated heterocycles. The first-order valence-electron chi connectivity index (χ1n) is 8.05. The second-order valence-corrected chi connectivity index (χ2v) is 7.16. The first-order chi connectivity index (χ1) is 10.2. The van der Waals surface area contributed by atoms with Gasteiger partial charge in [-0.2, -0.15) is 0 Å². The molecule has 0 radical (unpaired) electrons. The average molecular weight is 308 g/mol. The smallest absolute Gasteiger partial charge is 0.230 e. The van der Waals surface area contributed by atoms with Crippen molar-refractivity contribution in [1.82, 2.24) is 20.1 Å². The molecule has 0 bridgehead atoms. The minimum atomic E-state index is 0.125. The molecule has 0 unspecified atom stereocenters. The maximum absolute atomic E-state index is 12.0. The Bertz CT molecular complexity index is 492. The molecule has 116 valence electrons. The molecule has 0 aromatic carbocycles. The average Bonchev–Trinajstić information content (AvgIpc) is 2.78. The molecule has 2 aliphatic carbocycles. The van der Waals surface area contributed by atoms with Gasteiger partial charge in [0.1, 0.15) is 5.82 Å². The van der Waals surface area contributed by atoms with Crippen LogP contribution in [0.2, 0.25) is 0 Å². The molecule has 0 atom stereocenters. The summed E-state index contributed by atoms with van der Waals surface area (Å²) in [5.74, 6) is 2.22. The first kappa shape index (κ1) is 14.9. The van der Waals surface area contributed by atoms with Crippen molar-refractivity contribution in [3.8, 4) is 0 Å². The van der Waals surface area contributed by atoms with Crippen LogP contribution in [0, 0.1) is 0 Å². The zero-order valence-corrected chi connectivity index (χ0v) is 13.5. The zero-order chi connectivity index (χ0) is 14.7. The summed E-state index contributed by atoms with van der Waals surface area (Å²) < 4.78 is 2.06. The summed E-state index contributed by atoms with van der Waals surface area (Å²) in [6.07, 6.45) is 9.79. The molecule has 1 heterocycles. The fraction of sp³-hybridized carbons (Fsp3) is 0.800. The van der Waals surface area contributed by atoms with Gasteiger partial charge in [-0.25, -0.2) is 0 Å². The fourth-order valence-electron chi connectivity index (χ4n) is 3.12. The van der Waals surface area contributed by atoms with Crippen LogP contribution >= 0.6 is 11.8 Å². The second kappa shape index (κ2) is 6.81. The van der Waals surface area contributed by atoms with Crippen LogP contribution in [0.3, 0.4) is 0 Å². The van der Waals surface area contributed by atoms with E-state index in [-0.39, 0.29) is 5.91 Å². The summed E-state index contributed by atoms with van der Waals surface area (Å²) in [7, 11) is 2.01. The van der Waals surface area contributed by atoms with E-state index in [1.165, 1.54) is 50.3 Å². The van der Waals surface area contributed by atoms with Crippen molar-refractivity contribution in [2.24, 2.45) is 7.05 Å². The van der Waals surface area contributed by atoms with Gasteiger partial charge in [0.05, 0.1) is 5.75 Å². The van der Waals surface area contributed by atoms with Gasteiger partial charge in [0.25, 0.3) is 0 Å². The third-order valence-electron chi connectivity index (χ3n) is 4.64. The van der Waals surface area contributed by atoms with Crippen LogP contribution in [0.1, 0.15) is 63.1 Å². The summed E-state index contributed by atoms with van der Waals surface area (Å²) in [4.78, 5) is 12.0. The predicted molar refractivity (Wildman–Crippen MR) is 83.3 cm³/mol. The maximum atomic E-state index is 12.0. The molecule has 1 amide bonds. The molecule has 2 saturated carbocycles. The van der Waals surface area contributed by atoms with E-state index in [4.69, 9.17) is 0 Å². The topological polar surface area (TPSA) is 59.8 Å². The van der Waals surface area contributed by atoms with Crippen LogP contribution in [0.15, 0.2) is 5.16 Å². The lowest BCUT2D eigenvalue weighted by Crippen LogP contribution is -2.37. The highest BCUT2D eigenvalue weighted by Crippen LogP contribution is 2.35. The van der Waals surface area contributed by atoms with Crippen molar-refractivity contribution >= 4 is 17.7 Å². The largest absolute Gasteiger partial charge is 0.353 e. The van der Waals surface area contributed by atoms with E-state index in [0.717, 1.165) is 23.8 Å². The Labute approximate surface area is 130 Å². The number of carbonyl (C=O) groups excluding carboxylic acids is 1. The normalized spacial score (nSPS) is 20.2. The highest BCUT2D eigenvalue weighted by Gasteiger charge is 2.25. The van der Waals surface area contributed by atoms with Crippen molar-refractivity contribution < 1.29 is 4.79 Å². The van der Waals surface area contributed by atoms with Crippen LogP contribution in [0.25, 0.3) is 0 Å². The number of aromatic nitrogens is 3. The van der Waals surface area contributed by atoms with E-state index in [9.17, 15) is 4.79 Å². The van der Waals surface area contributed by atoms with Gasteiger partial charge in [0.2, 0.25) is 5.91 Å². The van der Waals surface area contributed by atoms with E-state index in [1.54, 1.807) is 0 Å². The van der Waals surface area contributed by atoms with Gasteiger partial charge in [-0.3, -0.25) is 4.79 Å². The minimum Gasteiger partial charge on any atom is -0.353 e. The van der Waals surface area contributed by atoms with Crippen molar-refractivity contribution in [3.63, 3.8) is 0 Å². The summed E-state index contributed by atoms with van der Waals surface area (Å²) in [6.45, 7) is 0. The molecule has 0 spiro atoms. The van der Waals surface area contributed by atoms with Gasteiger partial charge in [0.15, 0.2) is 5.16 Å². The molecule has 6 heteroatoms. The fourth-order valence-corrected chi connectivity index (χ4v) is 3.85. The van der Waals surface area contributed by atoms with Gasteiger partial charge < -0.3 is 9.88 Å². The Morgan fingerprint density at radius 3 is 2.62 bits per heavy atom. The molecule has 2 fully saturated rings. The van der Waals surface area contributed by atoms with E-state index in [0.29, 0.717) is 17.7 Å². The lowest BCUT2D eigenvalue weighted by molar-refractivity contribution is -0.119. The summed E-state index contributed by atoms with van der Waals surface area (Å²) >= 11 is 1.49. The summed E-state index contributed by atoms with van der Waals surface area (Å²) in [5, 5.41) is 12.5. The van der Waals surface area contributed by atoms with Crippen molar-refractivity contribution in [2.75, 3.05) is 5.75 Å². The number of nitrogens with one attached hydrogen (secondary N) is 1. The van der Waals surface area contributed by atoms with E-state index >= 15 is 0 Å². The van der Waals surface area contributed by atoms with Crippen molar-refractivity contribution in [3.05, 3.63) is 5.82 Å². The van der Waals surface area contributed by atoms with Gasteiger partial charge in [-0.05, 0) is 25.7 Å². The zero-order valence-electron chi connectivity index (χ0n) is 12.7. The van der Waals surface area contributed by atoms with Crippen LogP contribution in [-0.2, 0) is 11.8 Å². The number of carbonyl (C=O) groups is 1. The first-order valence-corrected chi connectivity index (χ1v) is 9.04. The quantitative estimate of drug-likeness (QED) is 0.850. The molecule has 0 aliphatic heterocycles. The third-order valence-corrected chi connectivity index (χ3v) is 5.66. The highest BCUT2D eigenvalue weighted by atomic mass is 32.2. The number of hydrogen-bond acceptors (Lipinski definition) is 4. The van der Waals surface area contributed by atoms with Crippen LogP contribution in [0.5, 0.6) is 0 Å². The Kier molecular flexibility index (Phi) is 4.83. The lowest BCUT2D eigenvalue weighted by atomic mass is 9.85. The SMILES string of the molecule is Cn1c(SCC(=O)NC2CCCCC2)nnc1C1CCC1. The van der Waals surface area contributed by atoms with Gasteiger partial charge in [-0.1, -0.05) is 37.4 Å². The molecule has 3 rings (SSSR count). The van der Waals surface area contributed by atoms with Gasteiger partial charge >= 0.3 is 0 Å². The number of hydrogen-bond donors (Lipinski definition) is 1. The maximum Gasteiger partial charge on any atom is 0.230 e. The van der Waals surface area contributed by atoms with Gasteiger partial charge in [-0.15, -0.1) is 10.2 Å². The summed E-state index contributed by atoms with van der Waals surface area (Å²) in [6, 6.07) is 0.386. The minimum absolute atomic E-state index is 0.125. The van der Waals surface area contributed by atoms with Gasteiger partial charge in [0, 0.05) is 19.0 Å². The molecule has 1 aromatic heterocycles. The van der Waals surface area contributed by atoms with E-state index < -0.39 is 0 Å². The molecular formula is C15H24N4OS. The Morgan fingerprint density at radius 2 is 1.95 bits per heavy atom. The van der Waals surface area contributed by atoms with E-state index in [1.807, 2.05) is 7.05 Å². The molecule has 5 nitrogen and oxygen atoms in total. The predicted octanol–water partition coefficient (Wildman–Crippen LogP) is 2.62. The highest BCUT2D eigenvalue weighted by molar-refractivity contribution is 7.99. The van der Waals surface area contributed by atoms with Crippen LogP contribution in [0.4, 0.5) is 0 Å². The number of nitrogens with zero attached hydrogens (tertiary/aromatic N) is 3. The molecule has 1 N–H and O–H groups in total. The third kappa shape index (κ3) is 3.59. The number of thioether (sulfide) groups is 1. The summed E-state index contributed by atoms with van der Waals surface area (Å²) in [5.41, 5.74) is 0. The van der Waals surface area contributed by atoms with Crippen molar-refractivity contribution in [2.45, 2.75) is 68.5 Å². The molecule has 2 aliphatic rings.